The Morgan fingerprint density at radius 3 is 2.18 bits per heavy atom. The second-order valence-electron chi connectivity index (χ2n) is 1.98. The Hall–Kier alpha value is -0.593. The number of carbonyl (C=O) groups is 1. The smallest absolute Gasteiger partial charge is 0.404 e. The van der Waals surface area contributed by atoms with Crippen LogP contribution in [0.15, 0.2) is 0 Å². The van der Waals surface area contributed by atoms with E-state index in [1.165, 1.54) is 14.2 Å². The zero-order valence-electron chi connectivity index (χ0n) is 6.87. The minimum atomic E-state index is -0.802. The van der Waals surface area contributed by atoms with Gasteiger partial charge in [-0.1, -0.05) is 0 Å². The zero-order chi connectivity index (χ0) is 8.85. The van der Waals surface area contributed by atoms with E-state index in [9.17, 15) is 4.79 Å². The van der Waals surface area contributed by atoms with Crippen LogP contribution in [0.5, 0.6) is 0 Å². The Morgan fingerprint density at radius 1 is 1.45 bits per heavy atom. The van der Waals surface area contributed by atoms with E-state index >= 15 is 0 Å². The molecule has 0 aromatic carbocycles. The van der Waals surface area contributed by atoms with Gasteiger partial charge in [0.25, 0.3) is 0 Å². The van der Waals surface area contributed by atoms with Crippen LogP contribution in [0.1, 0.15) is 0 Å². The zero-order valence-corrected chi connectivity index (χ0v) is 8.87. The molecule has 0 aliphatic carbocycles. The van der Waals surface area contributed by atoms with E-state index in [0.717, 1.165) is 0 Å². The highest BCUT2D eigenvalue weighted by Gasteiger charge is 2.17. The molecular weight excluding hydrogens is 166 g/mol. The van der Waals surface area contributed by atoms with E-state index < -0.39 is 12.4 Å². The van der Waals surface area contributed by atoms with Gasteiger partial charge in [0.15, 0.2) is 6.29 Å². The summed E-state index contributed by atoms with van der Waals surface area (Å²) in [6, 6.07) is 0. The first-order chi connectivity index (χ1) is 5.11. The van der Waals surface area contributed by atoms with Crippen molar-refractivity contribution in [1.29, 1.82) is 0 Å². The number of carbonyl (C=O) groups excluding carboxylic acids is 1. The molecule has 0 bridgehead atoms. The van der Waals surface area contributed by atoms with Gasteiger partial charge >= 0.3 is 6.09 Å². The van der Waals surface area contributed by atoms with Gasteiger partial charge < -0.3 is 19.9 Å². The minimum Gasteiger partial charge on any atom is -0.446 e. The van der Waals surface area contributed by atoms with Gasteiger partial charge in [0.05, 0.1) is 10.2 Å². The second kappa shape index (κ2) is 5.11. The molecule has 0 rings (SSSR count). The predicted octanol–water partition coefficient (Wildman–Crippen LogP) is -1.61. The molecule has 0 aliphatic heterocycles. The third-order valence-electron chi connectivity index (χ3n) is 1.15. The van der Waals surface area contributed by atoms with E-state index in [-0.39, 0.29) is 5.73 Å². The summed E-state index contributed by atoms with van der Waals surface area (Å²) in [5.41, 5.74) is 4.43. The Labute approximate surface area is 68.2 Å². The SMILES string of the molecule is COC(OC)C([SiH3])OC(N)=O. The molecule has 0 aromatic heterocycles. The highest BCUT2D eigenvalue weighted by atomic mass is 28.1. The third kappa shape index (κ3) is 3.97. The number of rotatable bonds is 4. The molecule has 5 nitrogen and oxygen atoms in total. The molecule has 0 radical (unpaired) electrons. The lowest BCUT2D eigenvalue weighted by Gasteiger charge is -2.20. The summed E-state index contributed by atoms with van der Waals surface area (Å²) in [5.74, 6) is 0. The third-order valence-corrected chi connectivity index (χ3v) is 1.93. The van der Waals surface area contributed by atoms with Crippen molar-refractivity contribution >= 4 is 16.3 Å². The summed E-state index contributed by atoms with van der Waals surface area (Å²) in [5, 5.41) is 0. The molecule has 6 heteroatoms. The van der Waals surface area contributed by atoms with E-state index in [1.54, 1.807) is 0 Å². The van der Waals surface area contributed by atoms with E-state index in [1.807, 2.05) is 0 Å². The summed E-state index contributed by atoms with van der Waals surface area (Å²) in [6.45, 7) is 0. The van der Waals surface area contributed by atoms with Gasteiger partial charge in [0.1, 0.15) is 5.73 Å². The van der Waals surface area contributed by atoms with Crippen molar-refractivity contribution in [2.45, 2.75) is 12.0 Å². The Morgan fingerprint density at radius 2 is 1.91 bits per heavy atom. The van der Waals surface area contributed by atoms with Crippen LogP contribution >= 0.6 is 0 Å². The maximum atomic E-state index is 10.3. The molecule has 0 spiro atoms. The van der Waals surface area contributed by atoms with Crippen molar-refractivity contribution in [3.63, 3.8) is 0 Å². The van der Waals surface area contributed by atoms with Crippen molar-refractivity contribution in [1.82, 2.24) is 0 Å². The minimum absolute atomic E-state index is 0.359. The quantitative estimate of drug-likeness (QED) is 0.416. The van der Waals surface area contributed by atoms with Crippen molar-refractivity contribution in [3.8, 4) is 0 Å². The van der Waals surface area contributed by atoms with E-state index in [4.69, 9.17) is 15.2 Å². The lowest BCUT2D eigenvalue weighted by atomic mass is 10.6. The monoisotopic (exact) mass is 179 g/mol. The number of nitrogens with two attached hydrogens (primary N) is 1. The average Bonchev–Trinajstić information content (AvgIpc) is 1.88. The van der Waals surface area contributed by atoms with Gasteiger partial charge in [-0.05, 0) is 0 Å². The van der Waals surface area contributed by atoms with Crippen molar-refractivity contribution in [2.24, 2.45) is 5.73 Å². The number of primary amides is 1. The fourth-order valence-corrected chi connectivity index (χ4v) is 1.49. The van der Waals surface area contributed by atoms with Crippen LogP contribution in [0.3, 0.4) is 0 Å². The van der Waals surface area contributed by atoms with Crippen molar-refractivity contribution in [3.05, 3.63) is 0 Å². The molecule has 11 heavy (non-hydrogen) atoms. The summed E-state index contributed by atoms with van der Waals surface area (Å²) in [7, 11) is 3.57. The Balaban J connectivity index is 3.78. The number of hydrogen-bond donors (Lipinski definition) is 1. The number of ether oxygens (including phenoxy) is 3. The molecule has 0 aromatic rings. The molecule has 0 saturated carbocycles. The van der Waals surface area contributed by atoms with Gasteiger partial charge in [-0.25, -0.2) is 4.79 Å². The first-order valence-electron chi connectivity index (χ1n) is 3.13. The summed E-state index contributed by atoms with van der Waals surface area (Å²) in [4.78, 5) is 10.3. The van der Waals surface area contributed by atoms with Gasteiger partial charge in [-0.15, -0.1) is 0 Å². The predicted molar refractivity (Wildman–Crippen MR) is 42.2 cm³/mol. The van der Waals surface area contributed by atoms with Crippen LogP contribution in [-0.2, 0) is 14.2 Å². The summed E-state index contributed by atoms with van der Waals surface area (Å²) in [6.07, 6.45) is -1.31. The first kappa shape index (κ1) is 10.4. The van der Waals surface area contributed by atoms with Crippen LogP contribution in [0.4, 0.5) is 4.79 Å². The summed E-state index contributed by atoms with van der Waals surface area (Å²) >= 11 is 0. The number of hydrogen-bond acceptors (Lipinski definition) is 4. The maximum Gasteiger partial charge on any atom is 0.404 e. The van der Waals surface area contributed by atoms with E-state index in [2.05, 4.69) is 4.74 Å². The van der Waals surface area contributed by atoms with Gasteiger partial charge in [-0.2, -0.15) is 0 Å². The fraction of sp³-hybridized carbons (Fsp3) is 0.800. The average molecular weight is 179 g/mol. The molecular formula is C5H13NO4Si. The van der Waals surface area contributed by atoms with E-state index in [0.29, 0.717) is 10.2 Å². The lowest BCUT2D eigenvalue weighted by Crippen LogP contribution is -2.36. The Kier molecular flexibility index (Phi) is 4.83. The number of amides is 1. The van der Waals surface area contributed by atoms with Crippen LogP contribution in [0, 0.1) is 0 Å². The van der Waals surface area contributed by atoms with Crippen LogP contribution in [0.25, 0.3) is 0 Å². The van der Waals surface area contributed by atoms with Crippen molar-refractivity contribution in [2.75, 3.05) is 14.2 Å². The summed E-state index contributed by atoms with van der Waals surface area (Å²) < 4.78 is 14.3. The normalized spacial score (nSPS) is 13.4. The molecule has 2 N–H and O–H groups in total. The van der Waals surface area contributed by atoms with Crippen molar-refractivity contribution < 1.29 is 19.0 Å². The lowest BCUT2D eigenvalue weighted by molar-refractivity contribution is -0.140. The highest BCUT2D eigenvalue weighted by Crippen LogP contribution is 1.99. The van der Waals surface area contributed by atoms with Crippen LogP contribution in [-0.4, -0.2) is 42.6 Å². The van der Waals surface area contributed by atoms with Gasteiger partial charge in [0.2, 0.25) is 0 Å². The molecule has 66 valence electrons. The Bertz CT molecular complexity index is 128. The van der Waals surface area contributed by atoms with Gasteiger partial charge in [0, 0.05) is 14.2 Å². The standard InChI is InChI=1S/C5H13NO4Si/c1-8-3(9-2)4(11)10-5(6)7/h3-4H,1-2,11H3,(H2,6,7). The van der Waals surface area contributed by atoms with Gasteiger partial charge in [-0.3, -0.25) is 0 Å². The molecule has 0 aliphatic rings. The molecule has 1 unspecified atom stereocenters. The fourth-order valence-electron chi connectivity index (χ4n) is 0.718. The number of methoxy groups -OCH3 is 2. The molecule has 0 saturated heterocycles. The molecule has 1 atom stereocenters. The largest absolute Gasteiger partial charge is 0.446 e. The van der Waals surface area contributed by atoms with Crippen LogP contribution < -0.4 is 5.73 Å². The maximum absolute atomic E-state index is 10.3. The highest BCUT2D eigenvalue weighted by molar-refractivity contribution is 6.12. The van der Waals surface area contributed by atoms with Crippen LogP contribution in [0.2, 0.25) is 0 Å². The molecule has 0 heterocycles. The topological polar surface area (TPSA) is 70.8 Å². The molecule has 1 amide bonds. The first-order valence-corrected chi connectivity index (χ1v) is 4.29. The molecule has 0 fully saturated rings. The second-order valence-corrected chi connectivity index (χ2v) is 3.12.